The van der Waals surface area contributed by atoms with Crippen LogP contribution in [0.15, 0.2) is 12.1 Å². The molecule has 0 spiro atoms. The van der Waals surface area contributed by atoms with Gasteiger partial charge in [0.2, 0.25) is 0 Å². The van der Waals surface area contributed by atoms with Crippen LogP contribution in [0.2, 0.25) is 0 Å². The van der Waals surface area contributed by atoms with Gasteiger partial charge in [-0.2, -0.15) is 0 Å². The van der Waals surface area contributed by atoms with Crippen LogP contribution in [0, 0.1) is 16.0 Å². The Balaban J connectivity index is 2.19. The topological polar surface area (TPSA) is 100 Å². The number of hydrogen-bond acceptors (Lipinski definition) is 6. The van der Waals surface area contributed by atoms with E-state index in [0.717, 1.165) is 19.3 Å². The molecule has 2 atom stereocenters. The lowest BCUT2D eigenvalue weighted by molar-refractivity contribution is -0.384. The summed E-state index contributed by atoms with van der Waals surface area (Å²) in [7, 11) is 0. The van der Waals surface area contributed by atoms with Gasteiger partial charge in [0.25, 0.3) is 5.69 Å². The van der Waals surface area contributed by atoms with Crippen molar-refractivity contribution in [1.82, 2.24) is 4.98 Å². The number of anilines is 2. The molecule has 1 aromatic heterocycles. The molecule has 1 saturated carbocycles. The van der Waals surface area contributed by atoms with Crippen LogP contribution < -0.4 is 10.6 Å². The van der Waals surface area contributed by atoms with Crippen molar-refractivity contribution in [2.24, 2.45) is 5.92 Å². The van der Waals surface area contributed by atoms with Crippen molar-refractivity contribution in [3.8, 4) is 0 Å². The van der Waals surface area contributed by atoms with Gasteiger partial charge >= 0.3 is 0 Å². The van der Waals surface area contributed by atoms with Crippen molar-refractivity contribution in [2.45, 2.75) is 32.2 Å². The number of nitrogens with one attached hydrogen (secondary N) is 2. The van der Waals surface area contributed by atoms with Gasteiger partial charge in [-0.25, -0.2) is 4.98 Å². The first-order valence-electron chi connectivity index (χ1n) is 6.91. The predicted octanol–water partition coefficient (Wildman–Crippen LogP) is 1.99. The maximum atomic E-state index is 10.9. The van der Waals surface area contributed by atoms with Crippen LogP contribution in [0.1, 0.15) is 26.2 Å². The highest BCUT2D eigenvalue weighted by Gasteiger charge is 2.27. The number of hydrogen-bond donors (Lipinski definition) is 3. The van der Waals surface area contributed by atoms with Gasteiger partial charge in [-0.1, -0.05) is 6.42 Å². The van der Waals surface area contributed by atoms with E-state index in [1.165, 1.54) is 12.1 Å². The molecule has 2 rings (SSSR count). The number of pyridine rings is 1. The minimum atomic E-state index is -0.425. The number of aromatic nitrogens is 1. The van der Waals surface area contributed by atoms with Gasteiger partial charge < -0.3 is 15.7 Å². The third-order valence-corrected chi connectivity index (χ3v) is 3.61. The Morgan fingerprint density at radius 2 is 2.20 bits per heavy atom. The molecule has 1 aromatic rings. The Kier molecular flexibility index (Phi) is 4.73. The summed E-state index contributed by atoms with van der Waals surface area (Å²) < 4.78 is 0. The van der Waals surface area contributed by atoms with Crippen LogP contribution in [0.5, 0.6) is 0 Å². The van der Waals surface area contributed by atoms with Crippen LogP contribution in [0.3, 0.4) is 0 Å². The summed E-state index contributed by atoms with van der Waals surface area (Å²) in [5, 5.41) is 26.5. The zero-order chi connectivity index (χ0) is 14.5. The van der Waals surface area contributed by atoms with Gasteiger partial charge in [0.1, 0.15) is 11.6 Å². The molecule has 0 saturated heterocycles. The lowest BCUT2D eigenvalue weighted by Crippen LogP contribution is -2.26. The Hall–Kier alpha value is -1.89. The lowest BCUT2D eigenvalue weighted by Gasteiger charge is -2.19. The second-order valence-electron chi connectivity index (χ2n) is 5.01. The highest BCUT2D eigenvalue weighted by atomic mass is 16.6. The van der Waals surface area contributed by atoms with E-state index in [4.69, 9.17) is 0 Å². The molecule has 7 nitrogen and oxygen atoms in total. The Bertz CT molecular complexity index is 481. The molecule has 0 radical (unpaired) electrons. The largest absolute Gasteiger partial charge is 0.396 e. The molecule has 1 aliphatic rings. The summed E-state index contributed by atoms with van der Waals surface area (Å²) >= 11 is 0. The van der Waals surface area contributed by atoms with E-state index in [2.05, 4.69) is 15.6 Å². The minimum Gasteiger partial charge on any atom is -0.396 e. The second-order valence-corrected chi connectivity index (χ2v) is 5.01. The Labute approximate surface area is 117 Å². The quantitative estimate of drug-likeness (QED) is 0.544. The number of nitrogens with zero attached hydrogens (tertiary/aromatic N) is 2. The van der Waals surface area contributed by atoms with Gasteiger partial charge in [0.05, 0.1) is 17.1 Å². The van der Waals surface area contributed by atoms with Crippen LogP contribution in [-0.4, -0.2) is 34.2 Å². The third-order valence-electron chi connectivity index (χ3n) is 3.61. The summed E-state index contributed by atoms with van der Waals surface area (Å²) in [5.74, 6) is 1.17. The maximum Gasteiger partial charge on any atom is 0.276 e. The molecule has 3 N–H and O–H groups in total. The summed E-state index contributed by atoms with van der Waals surface area (Å²) in [4.78, 5) is 14.9. The molecule has 0 aliphatic heterocycles. The molecule has 7 heteroatoms. The molecule has 0 amide bonds. The fraction of sp³-hybridized carbons (Fsp3) is 0.615. The average Bonchev–Trinajstić information content (AvgIpc) is 2.86. The monoisotopic (exact) mass is 280 g/mol. The van der Waals surface area contributed by atoms with Crippen LogP contribution in [0.4, 0.5) is 17.3 Å². The van der Waals surface area contributed by atoms with E-state index in [1.54, 1.807) is 0 Å². The molecule has 0 bridgehead atoms. The first-order chi connectivity index (χ1) is 9.63. The summed E-state index contributed by atoms with van der Waals surface area (Å²) in [6, 6.07) is 2.99. The standard InChI is InChI=1S/C13H20N4O3/c1-2-14-12-6-10(17(19)20)7-13(16-12)15-11-5-3-4-9(11)8-18/h6-7,9,11,18H,2-5,8H2,1H3,(H2,14,15,16). The van der Waals surface area contributed by atoms with Gasteiger partial charge in [-0.3, -0.25) is 10.1 Å². The van der Waals surface area contributed by atoms with Crippen LogP contribution >= 0.6 is 0 Å². The summed E-state index contributed by atoms with van der Waals surface area (Å²) in [6.45, 7) is 2.69. The normalized spacial score (nSPS) is 21.7. The van der Waals surface area contributed by atoms with Crippen LogP contribution in [-0.2, 0) is 0 Å². The van der Waals surface area contributed by atoms with Gasteiger partial charge in [-0.15, -0.1) is 0 Å². The second kappa shape index (κ2) is 6.51. The molecule has 20 heavy (non-hydrogen) atoms. The van der Waals surface area contributed by atoms with E-state index in [-0.39, 0.29) is 24.3 Å². The Morgan fingerprint density at radius 1 is 1.45 bits per heavy atom. The fourth-order valence-corrected chi connectivity index (χ4v) is 2.60. The molecule has 2 unspecified atom stereocenters. The highest BCUT2D eigenvalue weighted by molar-refractivity contribution is 5.55. The van der Waals surface area contributed by atoms with Crippen molar-refractivity contribution in [3.05, 3.63) is 22.2 Å². The number of aliphatic hydroxyl groups is 1. The van der Waals surface area contributed by atoms with Gasteiger partial charge in [-0.05, 0) is 19.8 Å². The maximum absolute atomic E-state index is 10.9. The predicted molar refractivity (Wildman–Crippen MR) is 76.9 cm³/mol. The van der Waals surface area contributed by atoms with E-state index in [0.29, 0.717) is 18.2 Å². The molecule has 1 aliphatic carbocycles. The van der Waals surface area contributed by atoms with Crippen molar-refractivity contribution in [3.63, 3.8) is 0 Å². The molecular weight excluding hydrogens is 260 g/mol. The third kappa shape index (κ3) is 3.36. The van der Waals surface area contributed by atoms with E-state index in [9.17, 15) is 15.2 Å². The average molecular weight is 280 g/mol. The van der Waals surface area contributed by atoms with Crippen molar-refractivity contribution in [1.29, 1.82) is 0 Å². The minimum absolute atomic E-state index is 0.0111. The highest BCUT2D eigenvalue weighted by Crippen LogP contribution is 2.29. The number of rotatable bonds is 6. The fourth-order valence-electron chi connectivity index (χ4n) is 2.60. The van der Waals surface area contributed by atoms with Gasteiger partial charge in [0, 0.05) is 25.1 Å². The summed E-state index contributed by atoms with van der Waals surface area (Å²) in [5.41, 5.74) is 0.0111. The molecule has 1 heterocycles. The lowest BCUT2D eigenvalue weighted by atomic mass is 10.1. The number of aliphatic hydroxyl groups excluding tert-OH is 1. The zero-order valence-electron chi connectivity index (χ0n) is 11.5. The molecular formula is C13H20N4O3. The number of nitro groups is 1. The van der Waals surface area contributed by atoms with Crippen LogP contribution in [0.25, 0.3) is 0 Å². The van der Waals surface area contributed by atoms with E-state index < -0.39 is 4.92 Å². The van der Waals surface area contributed by atoms with E-state index >= 15 is 0 Å². The SMILES string of the molecule is CCNc1cc([N+](=O)[O-])cc(NC2CCCC2CO)n1. The molecule has 0 aromatic carbocycles. The van der Waals surface area contributed by atoms with Crippen molar-refractivity contribution in [2.75, 3.05) is 23.8 Å². The van der Waals surface area contributed by atoms with Crippen molar-refractivity contribution >= 4 is 17.3 Å². The first kappa shape index (κ1) is 14.5. The zero-order valence-corrected chi connectivity index (χ0v) is 11.5. The Morgan fingerprint density at radius 3 is 2.85 bits per heavy atom. The molecule has 1 fully saturated rings. The summed E-state index contributed by atoms with van der Waals surface area (Å²) in [6.07, 6.45) is 2.98. The van der Waals surface area contributed by atoms with Crippen molar-refractivity contribution < 1.29 is 10.0 Å². The molecule has 110 valence electrons. The van der Waals surface area contributed by atoms with E-state index in [1.807, 2.05) is 6.92 Å². The smallest absolute Gasteiger partial charge is 0.276 e. The van der Waals surface area contributed by atoms with Gasteiger partial charge in [0.15, 0.2) is 0 Å². The first-order valence-corrected chi connectivity index (χ1v) is 6.91.